The number of aldehydes is 1. The van der Waals surface area contributed by atoms with Gasteiger partial charge in [0.1, 0.15) is 17.9 Å². The van der Waals surface area contributed by atoms with Crippen LogP contribution in [-0.2, 0) is 6.42 Å². The molecule has 0 aliphatic heterocycles. The van der Waals surface area contributed by atoms with Crippen LogP contribution in [0.15, 0.2) is 66.7 Å². The number of ketones is 1. The van der Waals surface area contributed by atoms with Gasteiger partial charge in [0, 0.05) is 29.5 Å². The maximum atomic E-state index is 12.6. The number of aryl methyl sites for hydroxylation is 1. The summed E-state index contributed by atoms with van der Waals surface area (Å²) in [5.41, 5.74) is 11.0. The third kappa shape index (κ3) is 4.03. The molecule has 0 aliphatic carbocycles. The van der Waals surface area contributed by atoms with Crippen LogP contribution in [0.4, 0.5) is 0 Å². The summed E-state index contributed by atoms with van der Waals surface area (Å²) in [5, 5.41) is 7.52. The highest BCUT2D eigenvalue weighted by molar-refractivity contribution is 5.98. The SMILES string of the molecule is N=C(N)c1ccc2nc(CCC(=O)c3ccc(-c4ccc(C=O)cc4)cc3)[nH]c2c1. The first kappa shape index (κ1) is 19.3. The van der Waals surface area contributed by atoms with Crippen LogP contribution >= 0.6 is 0 Å². The van der Waals surface area contributed by atoms with Crippen LogP contribution in [0.5, 0.6) is 0 Å². The van der Waals surface area contributed by atoms with Crippen molar-refractivity contribution in [2.75, 3.05) is 0 Å². The molecule has 4 N–H and O–H groups in total. The van der Waals surface area contributed by atoms with Gasteiger partial charge in [-0.15, -0.1) is 0 Å². The molecule has 0 spiro atoms. The largest absolute Gasteiger partial charge is 0.384 e. The molecule has 4 aromatic rings. The van der Waals surface area contributed by atoms with Gasteiger partial charge in [0.2, 0.25) is 0 Å². The van der Waals surface area contributed by atoms with E-state index in [1.165, 1.54) is 0 Å². The Morgan fingerprint density at radius 1 is 0.967 bits per heavy atom. The van der Waals surface area contributed by atoms with Crippen molar-refractivity contribution in [3.8, 4) is 11.1 Å². The molecule has 1 heterocycles. The number of nitrogens with one attached hydrogen (secondary N) is 2. The van der Waals surface area contributed by atoms with Gasteiger partial charge < -0.3 is 10.7 Å². The van der Waals surface area contributed by atoms with E-state index < -0.39 is 0 Å². The third-order valence-corrected chi connectivity index (χ3v) is 5.02. The van der Waals surface area contributed by atoms with Crippen molar-refractivity contribution in [3.05, 3.63) is 89.2 Å². The fraction of sp³-hybridized carbons (Fsp3) is 0.0833. The second-order valence-electron chi connectivity index (χ2n) is 7.07. The Bertz CT molecular complexity index is 1240. The maximum Gasteiger partial charge on any atom is 0.163 e. The number of rotatable bonds is 7. The van der Waals surface area contributed by atoms with Gasteiger partial charge in [0.05, 0.1) is 11.0 Å². The quantitative estimate of drug-likeness (QED) is 0.189. The number of aromatic nitrogens is 2. The van der Waals surface area contributed by atoms with Crippen LogP contribution in [0.3, 0.4) is 0 Å². The van der Waals surface area contributed by atoms with Gasteiger partial charge in [-0.25, -0.2) is 4.98 Å². The molecule has 0 unspecified atom stereocenters. The molecule has 0 fully saturated rings. The van der Waals surface area contributed by atoms with Crippen LogP contribution in [-0.4, -0.2) is 27.9 Å². The molecular formula is C24H20N4O2. The van der Waals surface area contributed by atoms with Crippen LogP contribution in [0.25, 0.3) is 22.2 Å². The Labute approximate surface area is 173 Å². The Balaban J connectivity index is 1.43. The normalized spacial score (nSPS) is 10.8. The van der Waals surface area contributed by atoms with E-state index in [0.29, 0.717) is 29.5 Å². The minimum absolute atomic E-state index is 0.00589. The molecule has 1 aromatic heterocycles. The van der Waals surface area contributed by atoms with Crippen molar-refractivity contribution in [1.29, 1.82) is 5.41 Å². The predicted octanol–water partition coefficient (Wildman–Crippen LogP) is 4.14. The monoisotopic (exact) mass is 396 g/mol. The van der Waals surface area contributed by atoms with Gasteiger partial charge >= 0.3 is 0 Å². The number of benzene rings is 3. The average molecular weight is 396 g/mol. The summed E-state index contributed by atoms with van der Waals surface area (Å²) in [7, 11) is 0. The summed E-state index contributed by atoms with van der Waals surface area (Å²) in [6.45, 7) is 0. The minimum atomic E-state index is 0.00589. The number of carbonyl (C=O) groups excluding carboxylic acids is 2. The topological polar surface area (TPSA) is 113 Å². The molecule has 0 aliphatic rings. The number of Topliss-reactive ketones (excluding diaryl/α,β-unsaturated/α-hetero) is 1. The number of carbonyl (C=O) groups is 2. The molecule has 0 atom stereocenters. The number of nitrogen functional groups attached to an aromatic ring is 1. The molecule has 4 rings (SSSR count). The first-order chi connectivity index (χ1) is 14.5. The molecule has 0 radical (unpaired) electrons. The zero-order chi connectivity index (χ0) is 21.1. The average Bonchev–Trinajstić information content (AvgIpc) is 3.20. The lowest BCUT2D eigenvalue weighted by molar-refractivity contribution is 0.0982. The Hall–Kier alpha value is -4.06. The molecule has 0 bridgehead atoms. The number of hydrogen-bond donors (Lipinski definition) is 3. The van der Waals surface area contributed by atoms with E-state index in [9.17, 15) is 9.59 Å². The van der Waals surface area contributed by atoms with E-state index in [2.05, 4.69) is 9.97 Å². The summed E-state index contributed by atoms with van der Waals surface area (Å²) >= 11 is 0. The van der Waals surface area contributed by atoms with E-state index in [1.54, 1.807) is 24.3 Å². The second kappa shape index (κ2) is 8.13. The molecule has 0 amide bonds. The van der Waals surface area contributed by atoms with E-state index >= 15 is 0 Å². The van der Waals surface area contributed by atoms with Crippen molar-refractivity contribution >= 4 is 28.9 Å². The number of nitrogens with zero attached hydrogens (tertiary/aromatic N) is 1. The first-order valence-electron chi connectivity index (χ1n) is 9.55. The Morgan fingerprint density at radius 2 is 1.60 bits per heavy atom. The highest BCUT2D eigenvalue weighted by Gasteiger charge is 2.10. The summed E-state index contributed by atoms with van der Waals surface area (Å²) in [6.07, 6.45) is 1.65. The zero-order valence-electron chi connectivity index (χ0n) is 16.2. The standard InChI is InChI=1S/C24H20N4O2/c25-24(26)19-9-10-20-21(13-19)28-23(27-20)12-11-22(30)18-7-5-17(6-8-18)16-3-1-15(14-29)2-4-16/h1-10,13-14H,11-12H2,(H3,25,26)(H,27,28). The fourth-order valence-corrected chi connectivity index (χ4v) is 3.33. The lowest BCUT2D eigenvalue weighted by Gasteiger charge is -2.04. The fourth-order valence-electron chi connectivity index (χ4n) is 3.33. The number of hydrogen-bond acceptors (Lipinski definition) is 4. The van der Waals surface area contributed by atoms with Gasteiger partial charge in [-0.05, 0) is 29.3 Å². The van der Waals surface area contributed by atoms with Crippen molar-refractivity contribution in [1.82, 2.24) is 9.97 Å². The summed E-state index contributed by atoms with van der Waals surface area (Å²) < 4.78 is 0. The van der Waals surface area contributed by atoms with Gasteiger partial charge in [0.15, 0.2) is 5.78 Å². The van der Waals surface area contributed by atoms with Crippen molar-refractivity contribution in [3.63, 3.8) is 0 Å². The van der Waals surface area contributed by atoms with Crippen LogP contribution in [0.2, 0.25) is 0 Å². The second-order valence-corrected chi connectivity index (χ2v) is 7.07. The highest BCUT2D eigenvalue weighted by atomic mass is 16.1. The molecule has 6 nitrogen and oxygen atoms in total. The molecule has 148 valence electrons. The maximum absolute atomic E-state index is 12.6. The number of aromatic amines is 1. The van der Waals surface area contributed by atoms with Gasteiger partial charge in [-0.3, -0.25) is 15.0 Å². The molecule has 6 heteroatoms. The number of imidazole rings is 1. The summed E-state index contributed by atoms with van der Waals surface area (Å²) in [6, 6.07) is 20.1. The summed E-state index contributed by atoms with van der Waals surface area (Å²) in [5.74, 6) is 0.778. The van der Waals surface area contributed by atoms with Gasteiger partial charge in [-0.1, -0.05) is 48.5 Å². The van der Waals surface area contributed by atoms with Gasteiger partial charge in [0.25, 0.3) is 0 Å². The molecule has 0 saturated carbocycles. The molecule has 30 heavy (non-hydrogen) atoms. The van der Waals surface area contributed by atoms with Crippen LogP contribution in [0.1, 0.15) is 38.5 Å². The van der Waals surface area contributed by atoms with Gasteiger partial charge in [-0.2, -0.15) is 0 Å². The lowest BCUT2D eigenvalue weighted by atomic mass is 10.00. The number of H-pyrrole nitrogens is 1. The van der Waals surface area contributed by atoms with Crippen molar-refractivity contribution in [2.24, 2.45) is 5.73 Å². The minimum Gasteiger partial charge on any atom is -0.384 e. The highest BCUT2D eigenvalue weighted by Crippen LogP contribution is 2.21. The van der Waals surface area contributed by atoms with E-state index in [4.69, 9.17) is 11.1 Å². The van der Waals surface area contributed by atoms with E-state index in [0.717, 1.165) is 34.3 Å². The predicted molar refractivity (Wildman–Crippen MR) is 117 cm³/mol. The number of nitrogens with two attached hydrogens (primary N) is 1. The van der Waals surface area contributed by atoms with E-state index in [-0.39, 0.29) is 11.6 Å². The molecule has 0 saturated heterocycles. The smallest absolute Gasteiger partial charge is 0.163 e. The van der Waals surface area contributed by atoms with E-state index in [1.807, 2.05) is 42.5 Å². The Morgan fingerprint density at radius 3 is 2.23 bits per heavy atom. The number of fused-ring (bicyclic) bond motifs is 1. The number of amidine groups is 1. The van der Waals surface area contributed by atoms with Crippen LogP contribution < -0.4 is 5.73 Å². The van der Waals surface area contributed by atoms with Crippen LogP contribution in [0, 0.1) is 5.41 Å². The molecule has 3 aromatic carbocycles. The van der Waals surface area contributed by atoms with Crippen molar-refractivity contribution < 1.29 is 9.59 Å². The third-order valence-electron chi connectivity index (χ3n) is 5.02. The Kier molecular flexibility index (Phi) is 5.22. The zero-order valence-corrected chi connectivity index (χ0v) is 16.2. The first-order valence-corrected chi connectivity index (χ1v) is 9.55. The summed E-state index contributed by atoms with van der Waals surface area (Å²) in [4.78, 5) is 31.1. The lowest BCUT2D eigenvalue weighted by Crippen LogP contribution is -2.10. The molecular weight excluding hydrogens is 376 g/mol. The van der Waals surface area contributed by atoms with Crippen molar-refractivity contribution in [2.45, 2.75) is 12.8 Å².